The summed E-state index contributed by atoms with van der Waals surface area (Å²) < 4.78 is 30.5. The van der Waals surface area contributed by atoms with Crippen LogP contribution in [0.3, 0.4) is 0 Å². The Labute approximate surface area is 232 Å². The number of nitrogens with zero attached hydrogens (tertiary/aromatic N) is 3. The van der Waals surface area contributed by atoms with E-state index in [1.54, 1.807) is 37.3 Å². The fourth-order valence-electron chi connectivity index (χ4n) is 4.65. The molecule has 1 aliphatic heterocycles. The average Bonchev–Trinajstić information content (AvgIpc) is 2.93. The molecule has 1 aromatic heterocycles. The minimum atomic E-state index is -3.84. The summed E-state index contributed by atoms with van der Waals surface area (Å²) in [4.78, 5) is 44.0. The Morgan fingerprint density at radius 2 is 1.77 bits per heavy atom. The third-order valence-corrected chi connectivity index (χ3v) is 8.14. The lowest BCUT2D eigenvalue weighted by Gasteiger charge is -2.44. The molecule has 40 heavy (non-hydrogen) atoms. The van der Waals surface area contributed by atoms with E-state index in [9.17, 15) is 27.9 Å². The summed E-state index contributed by atoms with van der Waals surface area (Å²) in [5, 5.41) is 11.2. The first-order valence-corrected chi connectivity index (χ1v) is 14.4. The van der Waals surface area contributed by atoms with Crippen molar-refractivity contribution >= 4 is 33.7 Å². The Kier molecular flexibility index (Phi) is 8.38. The second-order valence-electron chi connectivity index (χ2n) is 9.56. The molecule has 0 aliphatic carbocycles. The SMILES string of the molecule is COc1ccc(CN(C(=O)O)c2cc(C[C@H]3C(=O)N(C(=O)N[C@H](C)c4ccccc4)[C@@H]3S(C)(=O)=O)ccn2)cc1. The Morgan fingerprint density at radius 1 is 1.10 bits per heavy atom. The maximum absolute atomic E-state index is 13.1. The number of hydrogen-bond acceptors (Lipinski definition) is 7. The van der Waals surface area contributed by atoms with Gasteiger partial charge in [0.15, 0.2) is 15.2 Å². The number of sulfone groups is 1. The third kappa shape index (κ3) is 6.23. The first-order chi connectivity index (χ1) is 19.0. The van der Waals surface area contributed by atoms with Crippen LogP contribution in [0, 0.1) is 5.92 Å². The fraction of sp³-hybridized carbons (Fsp3) is 0.286. The van der Waals surface area contributed by atoms with Crippen molar-refractivity contribution in [3.8, 4) is 5.75 Å². The molecule has 4 amide bonds. The number of urea groups is 1. The minimum absolute atomic E-state index is 0.0116. The number of methoxy groups -OCH3 is 1. The van der Waals surface area contributed by atoms with E-state index in [1.165, 1.54) is 19.4 Å². The number of rotatable bonds is 9. The van der Waals surface area contributed by atoms with E-state index in [-0.39, 0.29) is 18.8 Å². The summed E-state index contributed by atoms with van der Waals surface area (Å²) in [7, 11) is -2.30. The number of anilines is 1. The Bertz CT molecular complexity index is 1500. The summed E-state index contributed by atoms with van der Waals surface area (Å²) in [6, 6.07) is 17.9. The molecule has 12 heteroatoms. The number of ether oxygens (including phenoxy) is 1. The van der Waals surface area contributed by atoms with Gasteiger partial charge in [-0.3, -0.25) is 9.69 Å². The number of carbonyl (C=O) groups excluding carboxylic acids is 2. The number of pyridine rings is 1. The first-order valence-electron chi connectivity index (χ1n) is 12.4. The van der Waals surface area contributed by atoms with E-state index in [2.05, 4.69) is 10.3 Å². The summed E-state index contributed by atoms with van der Waals surface area (Å²) >= 11 is 0. The Morgan fingerprint density at radius 3 is 2.38 bits per heavy atom. The van der Waals surface area contributed by atoms with Crippen molar-refractivity contribution in [3.63, 3.8) is 0 Å². The predicted molar refractivity (Wildman–Crippen MR) is 147 cm³/mol. The monoisotopic (exact) mass is 566 g/mol. The van der Waals surface area contributed by atoms with Gasteiger partial charge in [0.2, 0.25) is 5.91 Å². The lowest BCUT2D eigenvalue weighted by Crippen LogP contribution is -2.68. The summed E-state index contributed by atoms with van der Waals surface area (Å²) in [6.07, 6.45) is 1.14. The molecule has 0 saturated carbocycles. The molecule has 0 radical (unpaired) electrons. The second kappa shape index (κ2) is 11.7. The van der Waals surface area contributed by atoms with Crippen molar-refractivity contribution in [2.24, 2.45) is 5.92 Å². The van der Waals surface area contributed by atoms with Gasteiger partial charge >= 0.3 is 12.1 Å². The molecule has 210 valence electrons. The van der Waals surface area contributed by atoms with E-state index in [0.29, 0.717) is 16.9 Å². The second-order valence-corrected chi connectivity index (χ2v) is 11.7. The quantitative estimate of drug-likeness (QED) is 0.374. The highest BCUT2D eigenvalue weighted by atomic mass is 32.2. The zero-order valence-electron chi connectivity index (χ0n) is 22.2. The number of aromatic nitrogens is 1. The zero-order chi connectivity index (χ0) is 29.0. The molecule has 0 unspecified atom stereocenters. The summed E-state index contributed by atoms with van der Waals surface area (Å²) in [5.41, 5.74) is 2.02. The van der Waals surface area contributed by atoms with Crippen LogP contribution < -0.4 is 15.0 Å². The molecular formula is C28H30N4O7S. The van der Waals surface area contributed by atoms with Crippen LogP contribution in [0.4, 0.5) is 15.4 Å². The van der Waals surface area contributed by atoms with Gasteiger partial charge in [-0.05, 0) is 54.3 Å². The fourth-order valence-corrected chi connectivity index (χ4v) is 6.04. The average molecular weight is 567 g/mol. The predicted octanol–water partition coefficient (Wildman–Crippen LogP) is 3.62. The van der Waals surface area contributed by atoms with Crippen LogP contribution in [-0.4, -0.2) is 60.2 Å². The van der Waals surface area contributed by atoms with E-state index < -0.39 is 45.2 Å². The smallest absolute Gasteiger partial charge is 0.413 e. The molecule has 11 nitrogen and oxygen atoms in total. The van der Waals surface area contributed by atoms with E-state index in [0.717, 1.165) is 21.6 Å². The molecule has 1 aliphatic rings. The van der Waals surface area contributed by atoms with Gasteiger partial charge in [0, 0.05) is 12.5 Å². The van der Waals surface area contributed by atoms with Crippen LogP contribution in [0.1, 0.15) is 29.7 Å². The Balaban J connectivity index is 1.51. The van der Waals surface area contributed by atoms with Crippen molar-refractivity contribution in [3.05, 3.63) is 89.6 Å². The lowest BCUT2D eigenvalue weighted by atomic mass is 9.91. The van der Waals surface area contributed by atoms with Gasteiger partial charge in [-0.2, -0.15) is 0 Å². The zero-order valence-corrected chi connectivity index (χ0v) is 23.0. The maximum atomic E-state index is 13.1. The molecule has 2 N–H and O–H groups in total. The summed E-state index contributed by atoms with van der Waals surface area (Å²) in [5.74, 6) is -0.883. The number of imide groups is 1. The van der Waals surface area contributed by atoms with Crippen molar-refractivity contribution in [2.45, 2.75) is 31.3 Å². The van der Waals surface area contributed by atoms with E-state index >= 15 is 0 Å². The number of likely N-dealkylation sites (tertiary alicyclic amines) is 1. The number of benzene rings is 2. The van der Waals surface area contributed by atoms with Crippen molar-refractivity contribution < 1.29 is 32.6 Å². The van der Waals surface area contributed by atoms with Crippen LogP contribution in [-0.2, 0) is 27.6 Å². The normalized spacial score (nSPS) is 17.5. The molecule has 2 aromatic carbocycles. The van der Waals surface area contributed by atoms with Gasteiger partial charge in [0.25, 0.3) is 0 Å². The molecular weight excluding hydrogens is 536 g/mol. The van der Waals surface area contributed by atoms with Gasteiger partial charge < -0.3 is 15.2 Å². The molecule has 3 atom stereocenters. The van der Waals surface area contributed by atoms with Gasteiger partial charge in [-0.15, -0.1) is 0 Å². The van der Waals surface area contributed by atoms with E-state index in [4.69, 9.17) is 4.74 Å². The molecule has 2 heterocycles. The van der Waals surface area contributed by atoms with Crippen LogP contribution in [0.15, 0.2) is 72.9 Å². The third-order valence-electron chi connectivity index (χ3n) is 6.72. The van der Waals surface area contributed by atoms with Gasteiger partial charge in [0.05, 0.1) is 25.6 Å². The first kappa shape index (κ1) is 28.6. The van der Waals surface area contributed by atoms with Crippen molar-refractivity contribution in [2.75, 3.05) is 18.3 Å². The van der Waals surface area contributed by atoms with Gasteiger partial charge in [-0.1, -0.05) is 42.5 Å². The lowest BCUT2D eigenvalue weighted by molar-refractivity contribution is -0.145. The number of carbonyl (C=O) groups is 3. The van der Waals surface area contributed by atoms with Crippen molar-refractivity contribution in [1.82, 2.24) is 15.2 Å². The standard InChI is InChI=1S/C28H30N4O7S/c1-18(21-7-5-4-6-8-21)30-27(34)32-25(33)23(26(32)40(3,37)38)15-20-13-14-29-24(16-20)31(28(35)36)17-19-9-11-22(39-2)12-10-19/h4-14,16,18,23,26H,15,17H2,1-3H3,(H,30,34)(H,35,36)/t18-,23+,26-/m1/s1. The number of carboxylic acid groups (broad SMARTS) is 1. The summed E-state index contributed by atoms with van der Waals surface area (Å²) in [6.45, 7) is 1.75. The van der Waals surface area contributed by atoms with Gasteiger partial charge in [0.1, 0.15) is 11.6 Å². The molecule has 0 bridgehead atoms. The van der Waals surface area contributed by atoms with E-state index in [1.807, 2.05) is 30.3 Å². The molecule has 4 rings (SSSR count). The molecule has 1 fully saturated rings. The van der Waals surface area contributed by atoms with Crippen molar-refractivity contribution in [1.29, 1.82) is 0 Å². The number of hydrogen-bond donors (Lipinski definition) is 2. The minimum Gasteiger partial charge on any atom is -0.497 e. The van der Waals surface area contributed by atoms with Crippen LogP contribution in [0.2, 0.25) is 0 Å². The topological polar surface area (TPSA) is 146 Å². The maximum Gasteiger partial charge on any atom is 0.413 e. The Hall–Kier alpha value is -4.45. The number of amides is 4. The largest absolute Gasteiger partial charge is 0.497 e. The molecule has 0 spiro atoms. The number of β-lactam (4-membered cyclic amide) rings is 1. The van der Waals surface area contributed by atoms with Crippen LogP contribution >= 0.6 is 0 Å². The highest BCUT2D eigenvalue weighted by molar-refractivity contribution is 7.91. The number of nitrogens with one attached hydrogen (secondary N) is 1. The highest BCUT2D eigenvalue weighted by Crippen LogP contribution is 2.34. The molecule has 3 aromatic rings. The van der Waals surface area contributed by atoms with Gasteiger partial charge in [-0.25, -0.2) is 27.9 Å². The highest BCUT2D eigenvalue weighted by Gasteiger charge is 2.55. The molecule has 1 saturated heterocycles. The van der Waals surface area contributed by atoms with Crippen LogP contribution in [0.25, 0.3) is 0 Å². The van der Waals surface area contributed by atoms with Crippen LogP contribution in [0.5, 0.6) is 5.75 Å².